The molecule has 0 aliphatic rings. The SMILES string of the molecule is O=S(=O)([O-])[O-].O=S(=O)([O-])[O-].[Cl-].[Cl-].[Cl-].[Cl-].[Cl-].[Cu+2].[Fe+3].[I-].[K+].[Mn+2].[Zn+2]. The van der Waals surface area contributed by atoms with Gasteiger partial charge in [-0.05, 0) is 0 Å². The summed E-state index contributed by atoms with van der Waals surface area (Å²) in [6.45, 7) is 0. The van der Waals surface area contributed by atoms with E-state index in [1.165, 1.54) is 0 Å². The molecule has 0 saturated heterocycles. The van der Waals surface area contributed by atoms with Crippen molar-refractivity contribution in [2.24, 2.45) is 0 Å². The molecule has 0 amide bonds. The van der Waals surface area contributed by atoms with Gasteiger partial charge in [0.15, 0.2) is 0 Å². The van der Waals surface area contributed by atoms with Crippen LogP contribution in [0.5, 0.6) is 0 Å². The van der Waals surface area contributed by atoms with Crippen molar-refractivity contribution in [1.82, 2.24) is 0 Å². The number of hydrogen-bond acceptors (Lipinski definition) is 8. The molecular formula is Cl5CuFeIKMnO8S2Zn. The summed E-state index contributed by atoms with van der Waals surface area (Å²) in [4.78, 5) is 0. The van der Waals surface area contributed by atoms with E-state index >= 15 is 0 Å². The largest absolute Gasteiger partial charge is 3.00 e. The number of hydrogen-bond donors (Lipinski definition) is 0. The zero-order valence-corrected chi connectivity index (χ0v) is 26.0. The van der Waals surface area contributed by atoms with Crippen LogP contribution in [0.4, 0.5) is 0 Å². The van der Waals surface area contributed by atoms with E-state index in [0.29, 0.717) is 0 Å². The van der Waals surface area contributed by atoms with Gasteiger partial charge in [-0.2, -0.15) is 0 Å². The summed E-state index contributed by atoms with van der Waals surface area (Å²) in [6.07, 6.45) is 0. The van der Waals surface area contributed by atoms with Crippen molar-refractivity contribution < 1.29 is 243 Å². The zero-order chi connectivity index (χ0) is 9.00. The van der Waals surface area contributed by atoms with Crippen LogP contribution in [0, 0.1) is 0 Å². The van der Waals surface area contributed by atoms with Crippen molar-refractivity contribution in [2.45, 2.75) is 0 Å². The molecule has 0 N–H and O–H groups in total. The summed E-state index contributed by atoms with van der Waals surface area (Å²) in [5.41, 5.74) is 0. The molecule has 131 valence electrons. The van der Waals surface area contributed by atoms with Gasteiger partial charge in [0.1, 0.15) is 0 Å². The molecule has 3 radical (unpaired) electrons. The first-order valence-corrected chi connectivity index (χ1v) is 4.00. The Balaban J connectivity index is -0.00000000364. The average molecular weight is 775 g/mol. The van der Waals surface area contributed by atoms with Crippen LogP contribution in [0.2, 0.25) is 0 Å². The summed E-state index contributed by atoms with van der Waals surface area (Å²) >= 11 is 0. The third kappa shape index (κ3) is 440. The van der Waals surface area contributed by atoms with Crippen molar-refractivity contribution in [3.63, 3.8) is 0 Å². The standard InChI is InChI=1S/5ClH.Cu.Fe.HI.K.Mn.2H2O4S.Zn/c;;;;;;;;;;2*1-5(2,3)4;/h5*1H;;;1H;;;2*(H2,1,2,3,4);/q;;;;;+2;+3;;+1;+2;;;+2/p-10. The maximum absolute atomic E-state index is 8.52. The second kappa shape index (κ2) is 50.1. The minimum Gasteiger partial charge on any atom is -1.00 e. The predicted octanol–water partition coefficient (Wildman–Crippen LogP) is -23.7. The minimum absolute atomic E-state index is 0. The van der Waals surface area contributed by atoms with Crippen LogP contribution in [0.3, 0.4) is 0 Å². The molecule has 21 heteroatoms. The third-order valence-electron chi connectivity index (χ3n) is 0. The Bertz CT molecular complexity index is 251. The molecule has 0 fully saturated rings. The summed E-state index contributed by atoms with van der Waals surface area (Å²) in [6, 6.07) is 0. The Morgan fingerprint density at radius 1 is 0.619 bits per heavy atom. The third-order valence-corrected chi connectivity index (χ3v) is 0. The summed E-state index contributed by atoms with van der Waals surface area (Å²) in [5.74, 6) is 0. The van der Waals surface area contributed by atoms with Crippen molar-refractivity contribution in [3.8, 4) is 0 Å². The maximum atomic E-state index is 8.52. The molecule has 8 nitrogen and oxygen atoms in total. The van der Waals surface area contributed by atoms with Gasteiger partial charge in [0, 0.05) is 20.8 Å². The van der Waals surface area contributed by atoms with Crippen LogP contribution < -0.4 is 137 Å². The molecule has 0 heterocycles. The molecule has 0 aromatic heterocycles. The van der Waals surface area contributed by atoms with E-state index in [0.717, 1.165) is 0 Å². The molecule has 21 heavy (non-hydrogen) atoms. The number of halogens is 6. The minimum atomic E-state index is -5.17. The van der Waals surface area contributed by atoms with Gasteiger partial charge < -0.3 is 104 Å². The van der Waals surface area contributed by atoms with Crippen LogP contribution in [-0.4, -0.2) is 35.0 Å². The summed E-state index contributed by atoms with van der Waals surface area (Å²) in [5, 5.41) is 0. The van der Waals surface area contributed by atoms with E-state index in [1.54, 1.807) is 0 Å². The molecular weight excluding hydrogens is 775 g/mol. The van der Waals surface area contributed by atoms with Crippen molar-refractivity contribution in [1.29, 1.82) is 0 Å². The van der Waals surface area contributed by atoms with Gasteiger partial charge in [0.2, 0.25) is 0 Å². The first-order chi connectivity index (χ1) is 4.00. The van der Waals surface area contributed by atoms with Gasteiger partial charge in [0.05, 0.1) is 0 Å². The van der Waals surface area contributed by atoms with Gasteiger partial charge in [-0.25, -0.2) is 0 Å². The Hall–Kier alpha value is 5.74. The van der Waals surface area contributed by atoms with Crippen molar-refractivity contribution in [3.05, 3.63) is 0 Å². The van der Waals surface area contributed by atoms with Crippen molar-refractivity contribution in [2.75, 3.05) is 0 Å². The molecule has 0 saturated carbocycles. The molecule has 0 unspecified atom stereocenters. The van der Waals surface area contributed by atoms with E-state index in [9.17, 15) is 0 Å². The molecule has 0 aromatic carbocycles. The summed E-state index contributed by atoms with van der Waals surface area (Å²) in [7, 11) is -10.3. The Morgan fingerprint density at radius 2 is 0.619 bits per heavy atom. The molecule has 0 aromatic rings. The fourth-order valence-corrected chi connectivity index (χ4v) is 0. The molecule has 0 rings (SSSR count). The van der Waals surface area contributed by atoms with Crippen LogP contribution in [0.15, 0.2) is 0 Å². The first kappa shape index (κ1) is 93.8. The molecule has 0 spiro atoms. The van der Waals surface area contributed by atoms with Gasteiger partial charge in [-0.3, -0.25) is 16.8 Å². The molecule has 0 aliphatic carbocycles. The van der Waals surface area contributed by atoms with Crippen LogP contribution in [0.25, 0.3) is 0 Å². The quantitative estimate of drug-likeness (QED) is 0.102. The van der Waals surface area contributed by atoms with E-state index in [-0.39, 0.29) is 208 Å². The van der Waals surface area contributed by atoms with Gasteiger partial charge >= 0.3 is 122 Å². The fourth-order valence-electron chi connectivity index (χ4n) is 0. The van der Waals surface area contributed by atoms with Crippen LogP contribution >= 0.6 is 0 Å². The van der Waals surface area contributed by atoms with E-state index in [2.05, 4.69) is 0 Å². The second-order valence-corrected chi connectivity index (χ2v) is 2.45. The fraction of sp³-hybridized carbons (Fsp3) is 0. The Kier molecular flexibility index (Phi) is 224. The molecule has 0 bridgehead atoms. The van der Waals surface area contributed by atoms with Gasteiger partial charge in [-0.15, -0.1) is 0 Å². The van der Waals surface area contributed by atoms with E-state index in [1.807, 2.05) is 0 Å². The maximum Gasteiger partial charge on any atom is 3.00 e. The van der Waals surface area contributed by atoms with Crippen LogP contribution in [-0.2, 0) is 91.5 Å². The molecule has 0 aliphatic heterocycles. The predicted molar refractivity (Wildman–Crippen MR) is 20.9 cm³/mol. The Labute approximate surface area is 258 Å². The van der Waals surface area contributed by atoms with Crippen LogP contribution in [0.1, 0.15) is 0 Å². The molecule has 0 atom stereocenters. The number of rotatable bonds is 0. The monoisotopic (exact) mass is 770 g/mol. The second-order valence-electron chi connectivity index (χ2n) is 0.816. The summed E-state index contributed by atoms with van der Waals surface area (Å²) < 4.78 is 68.2. The van der Waals surface area contributed by atoms with Crippen molar-refractivity contribution >= 4 is 20.8 Å². The average Bonchev–Trinajstić information content (AvgIpc) is 1.12. The van der Waals surface area contributed by atoms with E-state index in [4.69, 9.17) is 35.0 Å². The first-order valence-electron chi connectivity index (χ1n) is 1.33. The smallest absolute Gasteiger partial charge is 1.00 e. The Morgan fingerprint density at radius 3 is 0.619 bits per heavy atom. The van der Waals surface area contributed by atoms with E-state index < -0.39 is 20.8 Å². The topological polar surface area (TPSA) is 161 Å². The zero-order valence-electron chi connectivity index (χ0n) is 9.09. The normalized spacial score (nSPS) is 5.52. The van der Waals surface area contributed by atoms with Gasteiger partial charge in [0.25, 0.3) is 0 Å². The van der Waals surface area contributed by atoms with Gasteiger partial charge in [-0.1, -0.05) is 0 Å².